The van der Waals surface area contributed by atoms with Crippen molar-refractivity contribution in [3.05, 3.63) is 35.8 Å². The molecule has 5 nitrogen and oxygen atoms in total. The number of nitrogens with one attached hydrogen (secondary N) is 1. The Kier molecular flexibility index (Phi) is 3.18. The van der Waals surface area contributed by atoms with Crippen molar-refractivity contribution in [1.29, 1.82) is 0 Å². The molecule has 1 fully saturated rings. The van der Waals surface area contributed by atoms with Gasteiger partial charge in [0.1, 0.15) is 17.0 Å². The lowest BCUT2D eigenvalue weighted by Gasteiger charge is -2.43. The molecule has 5 heteroatoms. The number of pyridine rings is 1. The summed E-state index contributed by atoms with van der Waals surface area (Å²) < 4.78 is 6.44. The molecule has 1 atom stereocenters. The fourth-order valence-corrected chi connectivity index (χ4v) is 4.10. The predicted molar refractivity (Wildman–Crippen MR) is 87.1 cm³/mol. The van der Waals surface area contributed by atoms with Crippen LogP contribution in [0.1, 0.15) is 55.1 Å². The van der Waals surface area contributed by atoms with Crippen molar-refractivity contribution in [1.82, 2.24) is 9.97 Å². The molecule has 3 heterocycles. The van der Waals surface area contributed by atoms with E-state index in [1.165, 1.54) is 19.3 Å². The van der Waals surface area contributed by atoms with E-state index in [9.17, 15) is 4.79 Å². The Hall–Kier alpha value is -2.30. The smallest absolute Gasteiger partial charge is 0.265 e. The normalized spacial score (nSPS) is 23.7. The van der Waals surface area contributed by atoms with Gasteiger partial charge in [0.05, 0.1) is 11.9 Å². The minimum Gasteiger partial charge on any atom is -0.480 e. The molecule has 0 aromatic carbocycles. The molecule has 1 saturated carbocycles. The van der Waals surface area contributed by atoms with Gasteiger partial charge in [-0.3, -0.25) is 9.78 Å². The summed E-state index contributed by atoms with van der Waals surface area (Å²) in [6.07, 6.45) is 9.52. The third-order valence-corrected chi connectivity index (χ3v) is 5.38. The van der Waals surface area contributed by atoms with Crippen LogP contribution in [-0.4, -0.2) is 15.9 Å². The van der Waals surface area contributed by atoms with E-state index >= 15 is 0 Å². The fourth-order valence-electron chi connectivity index (χ4n) is 4.10. The average molecular weight is 311 g/mol. The number of nitrogens with two attached hydrogens (primary N) is 1. The van der Waals surface area contributed by atoms with Crippen molar-refractivity contribution in [2.45, 2.75) is 44.6 Å². The highest BCUT2D eigenvalue weighted by Crippen LogP contribution is 2.51. The second kappa shape index (κ2) is 5.11. The Labute approximate surface area is 135 Å². The number of carbonyl (C=O) groups excluding carboxylic acids is 1. The van der Waals surface area contributed by atoms with Gasteiger partial charge in [0.2, 0.25) is 0 Å². The van der Waals surface area contributed by atoms with E-state index in [1.54, 1.807) is 12.4 Å². The van der Waals surface area contributed by atoms with Crippen molar-refractivity contribution in [3.8, 4) is 17.0 Å². The number of ether oxygens (including phenoxy) is 1. The first-order valence-corrected chi connectivity index (χ1v) is 8.26. The molecule has 23 heavy (non-hydrogen) atoms. The Morgan fingerprint density at radius 2 is 2.17 bits per heavy atom. The van der Waals surface area contributed by atoms with Gasteiger partial charge in [-0.2, -0.15) is 0 Å². The van der Waals surface area contributed by atoms with Crippen LogP contribution in [0.25, 0.3) is 11.3 Å². The zero-order valence-electron chi connectivity index (χ0n) is 13.3. The van der Waals surface area contributed by atoms with Gasteiger partial charge in [0.25, 0.3) is 5.91 Å². The Morgan fingerprint density at radius 3 is 2.91 bits per heavy atom. The van der Waals surface area contributed by atoms with E-state index in [2.05, 4.69) is 16.9 Å². The summed E-state index contributed by atoms with van der Waals surface area (Å²) in [7, 11) is 0. The first kappa shape index (κ1) is 14.3. The lowest BCUT2D eigenvalue weighted by Crippen LogP contribution is -2.41. The molecule has 2 aromatic heterocycles. The maximum Gasteiger partial charge on any atom is 0.265 e. The fraction of sp³-hybridized carbons (Fsp3) is 0.444. The van der Waals surface area contributed by atoms with Crippen LogP contribution >= 0.6 is 0 Å². The number of aromatic amines is 1. The molecule has 2 aliphatic rings. The molecular formula is C18H21N3O2. The van der Waals surface area contributed by atoms with Crippen LogP contribution in [0.15, 0.2) is 24.5 Å². The number of primary amides is 1. The standard InChI is InChI=1S/C18H21N3O2/c1-18(11-5-3-2-4-6-11)13-9-14(17(19)22)21-16(13)12-7-8-20-10-15(12)23-18/h7-11,21H,2-6H2,1H3,(H2,19,22)/t18-/m1/s1. The van der Waals surface area contributed by atoms with Gasteiger partial charge >= 0.3 is 0 Å². The second-order valence-electron chi connectivity index (χ2n) is 6.75. The molecular weight excluding hydrogens is 290 g/mol. The SMILES string of the molecule is C[C@]1(C2CCCCC2)Oc2cnccc2-c2[nH]c(C(N)=O)cc21. The van der Waals surface area contributed by atoms with Crippen molar-refractivity contribution >= 4 is 5.91 Å². The van der Waals surface area contributed by atoms with Crippen LogP contribution in [0.3, 0.4) is 0 Å². The van der Waals surface area contributed by atoms with E-state index < -0.39 is 11.5 Å². The molecule has 120 valence electrons. The number of nitrogens with zero attached hydrogens (tertiary/aromatic N) is 1. The van der Waals surface area contributed by atoms with E-state index in [1.807, 2.05) is 12.1 Å². The number of aromatic nitrogens is 2. The minimum atomic E-state index is -0.448. The molecule has 0 spiro atoms. The predicted octanol–water partition coefficient (Wildman–Crippen LogP) is 3.36. The summed E-state index contributed by atoms with van der Waals surface area (Å²) >= 11 is 0. The van der Waals surface area contributed by atoms with Gasteiger partial charge < -0.3 is 15.5 Å². The quantitative estimate of drug-likeness (QED) is 0.892. The first-order valence-electron chi connectivity index (χ1n) is 8.26. The van der Waals surface area contributed by atoms with E-state index in [-0.39, 0.29) is 0 Å². The number of H-pyrrole nitrogens is 1. The number of carbonyl (C=O) groups is 1. The molecule has 4 rings (SSSR count). The van der Waals surface area contributed by atoms with E-state index in [0.29, 0.717) is 11.6 Å². The lowest BCUT2D eigenvalue weighted by atomic mass is 9.73. The summed E-state index contributed by atoms with van der Waals surface area (Å²) in [6, 6.07) is 3.78. The van der Waals surface area contributed by atoms with Crippen LogP contribution in [0, 0.1) is 5.92 Å². The topological polar surface area (TPSA) is 81.0 Å². The Bertz CT molecular complexity index is 761. The zero-order valence-corrected chi connectivity index (χ0v) is 13.3. The number of fused-ring (bicyclic) bond motifs is 3. The second-order valence-corrected chi connectivity index (χ2v) is 6.75. The van der Waals surface area contributed by atoms with Crippen molar-refractivity contribution in [2.24, 2.45) is 11.7 Å². The van der Waals surface area contributed by atoms with Gasteiger partial charge in [0.15, 0.2) is 0 Å². The molecule has 2 aromatic rings. The first-order chi connectivity index (χ1) is 11.1. The number of hydrogen-bond donors (Lipinski definition) is 2. The van der Waals surface area contributed by atoms with Gasteiger partial charge in [0, 0.05) is 23.2 Å². The summed E-state index contributed by atoms with van der Waals surface area (Å²) in [5.41, 5.74) is 8.40. The van der Waals surface area contributed by atoms with Crippen molar-refractivity contribution < 1.29 is 9.53 Å². The monoisotopic (exact) mass is 311 g/mol. The van der Waals surface area contributed by atoms with Crippen LogP contribution in [0.2, 0.25) is 0 Å². The van der Waals surface area contributed by atoms with Gasteiger partial charge in [-0.05, 0) is 31.9 Å². The van der Waals surface area contributed by atoms with Crippen LogP contribution in [-0.2, 0) is 5.60 Å². The maximum atomic E-state index is 11.7. The molecule has 0 unspecified atom stereocenters. The maximum absolute atomic E-state index is 11.7. The molecule has 3 N–H and O–H groups in total. The summed E-state index contributed by atoms with van der Waals surface area (Å²) in [6.45, 7) is 2.14. The summed E-state index contributed by atoms with van der Waals surface area (Å²) in [4.78, 5) is 19.1. The molecule has 1 amide bonds. The highest BCUT2D eigenvalue weighted by Gasteiger charge is 2.45. The molecule has 0 radical (unpaired) electrons. The Morgan fingerprint density at radius 1 is 1.39 bits per heavy atom. The van der Waals surface area contributed by atoms with Gasteiger partial charge in [-0.15, -0.1) is 0 Å². The Balaban J connectivity index is 1.89. The molecule has 1 aliphatic heterocycles. The highest BCUT2D eigenvalue weighted by molar-refractivity contribution is 5.93. The van der Waals surface area contributed by atoms with Crippen LogP contribution in [0.5, 0.6) is 5.75 Å². The van der Waals surface area contributed by atoms with Crippen LogP contribution in [0.4, 0.5) is 0 Å². The average Bonchev–Trinajstić information content (AvgIpc) is 3.03. The number of hydrogen-bond acceptors (Lipinski definition) is 3. The third-order valence-electron chi connectivity index (χ3n) is 5.38. The molecule has 1 aliphatic carbocycles. The highest BCUT2D eigenvalue weighted by atomic mass is 16.5. The number of rotatable bonds is 2. The van der Waals surface area contributed by atoms with Crippen molar-refractivity contribution in [2.75, 3.05) is 0 Å². The lowest BCUT2D eigenvalue weighted by molar-refractivity contribution is 0.00139. The largest absolute Gasteiger partial charge is 0.480 e. The van der Waals surface area contributed by atoms with Gasteiger partial charge in [-0.25, -0.2) is 0 Å². The van der Waals surface area contributed by atoms with E-state index in [4.69, 9.17) is 10.5 Å². The molecule has 0 saturated heterocycles. The number of amides is 1. The third kappa shape index (κ3) is 2.14. The molecule has 0 bridgehead atoms. The zero-order chi connectivity index (χ0) is 16.0. The summed E-state index contributed by atoms with van der Waals surface area (Å²) in [5, 5.41) is 0. The van der Waals surface area contributed by atoms with Crippen LogP contribution < -0.4 is 10.5 Å². The van der Waals surface area contributed by atoms with E-state index in [0.717, 1.165) is 35.4 Å². The summed E-state index contributed by atoms with van der Waals surface area (Å²) in [5.74, 6) is 0.756. The van der Waals surface area contributed by atoms with Crippen molar-refractivity contribution in [3.63, 3.8) is 0 Å². The minimum absolute atomic E-state index is 0.430. The van der Waals surface area contributed by atoms with Gasteiger partial charge in [-0.1, -0.05) is 19.3 Å².